The maximum atomic E-state index is 3.42. The van der Waals surface area contributed by atoms with Crippen LogP contribution in [0.3, 0.4) is 0 Å². The highest BCUT2D eigenvalue weighted by Gasteiger charge is 2.08. The molecule has 0 aliphatic carbocycles. The zero-order valence-corrected chi connectivity index (χ0v) is 23.9. The molecule has 0 heterocycles. The minimum absolute atomic E-state index is 0.963. The molecule has 0 aromatic carbocycles. The van der Waals surface area contributed by atoms with Gasteiger partial charge in [0.05, 0.1) is 11.1 Å². The van der Waals surface area contributed by atoms with E-state index in [0.717, 1.165) is 24.0 Å². The van der Waals surface area contributed by atoms with Gasteiger partial charge in [0.15, 0.2) is 0 Å². The second-order valence-electron chi connectivity index (χ2n) is 10.6. The van der Waals surface area contributed by atoms with Gasteiger partial charge < -0.3 is 0 Å². The van der Waals surface area contributed by atoms with Gasteiger partial charge in [-0.2, -0.15) is 0 Å². The molecule has 0 fully saturated rings. The SMILES string of the molecule is CC(C)=C(C#CCCCCCCCC#CC(C#C[Si](C)(C)C)=C(C)C)C#C[Si](C)(C)C. The van der Waals surface area contributed by atoms with E-state index < -0.39 is 16.1 Å². The minimum Gasteiger partial charge on any atom is -0.126 e. The van der Waals surface area contributed by atoms with E-state index in [1.165, 1.54) is 43.3 Å². The number of hydrogen-bond donors (Lipinski definition) is 0. The van der Waals surface area contributed by atoms with Crippen molar-refractivity contribution in [2.75, 3.05) is 0 Å². The smallest absolute Gasteiger partial charge is 0.126 e. The molecule has 0 nitrogen and oxygen atoms in total. The Morgan fingerprint density at radius 2 is 0.806 bits per heavy atom. The summed E-state index contributed by atoms with van der Waals surface area (Å²) >= 11 is 0. The maximum absolute atomic E-state index is 3.42. The quantitative estimate of drug-likeness (QED) is 0.218. The van der Waals surface area contributed by atoms with Crippen LogP contribution in [-0.4, -0.2) is 16.1 Å². The molecule has 0 saturated heterocycles. The van der Waals surface area contributed by atoms with Gasteiger partial charge in [0.1, 0.15) is 16.1 Å². The van der Waals surface area contributed by atoms with Gasteiger partial charge in [0, 0.05) is 12.8 Å². The van der Waals surface area contributed by atoms with Gasteiger partial charge in [-0.25, -0.2) is 0 Å². The number of unbranched alkanes of at least 4 members (excludes halogenated alkanes) is 6. The van der Waals surface area contributed by atoms with Crippen molar-refractivity contribution in [1.29, 1.82) is 0 Å². The van der Waals surface area contributed by atoms with Gasteiger partial charge in [-0.15, -0.1) is 11.1 Å². The number of rotatable bonds is 6. The van der Waals surface area contributed by atoms with E-state index in [9.17, 15) is 0 Å². The second-order valence-corrected chi connectivity index (χ2v) is 20.1. The maximum Gasteiger partial charge on any atom is 0.129 e. The van der Waals surface area contributed by atoms with Gasteiger partial charge in [0.25, 0.3) is 0 Å². The van der Waals surface area contributed by atoms with Crippen molar-refractivity contribution in [2.24, 2.45) is 0 Å². The van der Waals surface area contributed by atoms with Crippen LogP contribution in [0.1, 0.15) is 72.6 Å². The fourth-order valence-corrected chi connectivity index (χ4v) is 3.32. The Balaban J connectivity index is 4.28. The molecular formula is C29H44Si2. The Kier molecular flexibility index (Phi) is 14.1. The molecule has 0 unspecified atom stereocenters. The highest BCUT2D eigenvalue weighted by atomic mass is 28.3. The molecule has 2 heteroatoms. The van der Waals surface area contributed by atoms with Gasteiger partial charge in [-0.05, 0) is 40.5 Å². The predicted octanol–water partition coefficient (Wildman–Crippen LogP) is 8.16. The van der Waals surface area contributed by atoms with E-state index in [2.05, 4.69) is 114 Å². The van der Waals surface area contributed by atoms with Crippen LogP contribution in [0.5, 0.6) is 0 Å². The molecule has 0 bridgehead atoms. The van der Waals surface area contributed by atoms with Crippen molar-refractivity contribution < 1.29 is 0 Å². The predicted molar refractivity (Wildman–Crippen MR) is 147 cm³/mol. The molecule has 0 saturated carbocycles. The molecule has 0 aliphatic rings. The first-order valence-electron chi connectivity index (χ1n) is 11.7. The highest BCUT2D eigenvalue weighted by molar-refractivity contribution is 6.84. The molecule has 0 spiro atoms. The van der Waals surface area contributed by atoms with Crippen LogP contribution in [0.15, 0.2) is 22.3 Å². The highest BCUT2D eigenvalue weighted by Crippen LogP contribution is 2.08. The lowest BCUT2D eigenvalue weighted by atomic mass is 10.1. The Hall–Kier alpha value is -1.85. The van der Waals surface area contributed by atoms with Crippen LogP contribution in [-0.2, 0) is 0 Å². The molecule has 0 aromatic heterocycles. The first-order valence-corrected chi connectivity index (χ1v) is 18.7. The standard InChI is InChI=1S/C29H44Si2/c1-26(2)28(22-24-30(5,6)7)20-18-16-14-12-11-13-15-17-19-21-29(27(3)4)23-25-31(8,9)10/h11-17H2,1-10H3. The summed E-state index contributed by atoms with van der Waals surface area (Å²) in [4.78, 5) is 0. The zero-order chi connectivity index (χ0) is 23.9. The molecule has 168 valence electrons. The largest absolute Gasteiger partial charge is 0.129 e. The third-order valence-electron chi connectivity index (χ3n) is 4.16. The molecule has 0 atom stereocenters. The normalized spacial score (nSPS) is 10.1. The molecule has 0 aromatic rings. The lowest BCUT2D eigenvalue weighted by Crippen LogP contribution is -2.16. The Bertz CT molecular complexity index is 800. The van der Waals surface area contributed by atoms with Crippen molar-refractivity contribution in [3.05, 3.63) is 22.3 Å². The van der Waals surface area contributed by atoms with Crippen LogP contribution < -0.4 is 0 Å². The van der Waals surface area contributed by atoms with E-state index in [4.69, 9.17) is 0 Å². The minimum atomic E-state index is -1.35. The van der Waals surface area contributed by atoms with E-state index >= 15 is 0 Å². The summed E-state index contributed by atoms with van der Waals surface area (Å²) in [7, 11) is -2.70. The monoisotopic (exact) mass is 448 g/mol. The van der Waals surface area contributed by atoms with Crippen molar-refractivity contribution >= 4 is 16.1 Å². The zero-order valence-electron chi connectivity index (χ0n) is 21.9. The van der Waals surface area contributed by atoms with E-state index in [1.807, 2.05) is 0 Å². The van der Waals surface area contributed by atoms with Gasteiger partial charge in [-0.3, -0.25) is 0 Å². The van der Waals surface area contributed by atoms with E-state index in [-0.39, 0.29) is 0 Å². The molecule has 0 amide bonds. The Morgan fingerprint density at radius 1 is 0.484 bits per heavy atom. The van der Waals surface area contributed by atoms with Gasteiger partial charge in [0.2, 0.25) is 0 Å². The first kappa shape index (κ1) is 29.2. The van der Waals surface area contributed by atoms with Gasteiger partial charge >= 0.3 is 0 Å². The number of allylic oxidation sites excluding steroid dienone is 4. The Labute approximate surface area is 196 Å². The van der Waals surface area contributed by atoms with Crippen LogP contribution in [0.2, 0.25) is 39.3 Å². The van der Waals surface area contributed by atoms with Crippen LogP contribution in [0, 0.1) is 46.6 Å². The molecule has 0 rings (SSSR count). The van der Waals surface area contributed by atoms with Crippen LogP contribution >= 0.6 is 0 Å². The third-order valence-corrected chi connectivity index (χ3v) is 5.91. The molecular weight excluding hydrogens is 404 g/mol. The summed E-state index contributed by atoms with van der Waals surface area (Å²) in [6.07, 6.45) is 8.02. The topological polar surface area (TPSA) is 0 Å². The van der Waals surface area contributed by atoms with Crippen LogP contribution in [0.4, 0.5) is 0 Å². The summed E-state index contributed by atoms with van der Waals surface area (Å²) in [6.45, 7) is 22.0. The third kappa shape index (κ3) is 18.6. The van der Waals surface area contributed by atoms with Crippen molar-refractivity contribution in [3.63, 3.8) is 0 Å². The van der Waals surface area contributed by atoms with Crippen molar-refractivity contribution in [3.8, 4) is 46.6 Å². The Morgan fingerprint density at radius 3 is 1.10 bits per heavy atom. The lowest BCUT2D eigenvalue weighted by Gasteiger charge is -2.03. The average Bonchev–Trinajstić information content (AvgIpc) is 2.62. The molecule has 0 aliphatic heterocycles. The summed E-state index contributed by atoms with van der Waals surface area (Å²) in [5.74, 6) is 19.9. The first-order chi connectivity index (χ1) is 14.3. The van der Waals surface area contributed by atoms with Crippen molar-refractivity contribution in [1.82, 2.24) is 0 Å². The fraction of sp³-hybridized carbons (Fsp3) is 0.586. The van der Waals surface area contributed by atoms with Crippen molar-refractivity contribution in [2.45, 2.75) is 112 Å². The summed E-state index contributed by atoms with van der Waals surface area (Å²) in [5.41, 5.74) is 11.3. The average molecular weight is 449 g/mol. The molecule has 31 heavy (non-hydrogen) atoms. The second kappa shape index (κ2) is 15.0. The van der Waals surface area contributed by atoms with Gasteiger partial charge in [-0.1, -0.05) is 105 Å². The van der Waals surface area contributed by atoms with Crippen LogP contribution in [0.25, 0.3) is 0 Å². The number of hydrogen-bond acceptors (Lipinski definition) is 0. The lowest BCUT2D eigenvalue weighted by molar-refractivity contribution is 0.628. The summed E-state index contributed by atoms with van der Waals surface area (Å²) in [5, 5.41) is 0. The van der Waals surface area contributed by atoms with E-state index in [0.29, 0.717) is 0 Å². The molecule has 0 N–H and O–H groups in total. The summed E-state index contributed by atoms with van der Waals surface area (Å²) < 4.78 is 0. The molecule has 0 radical (unpaired) electrons. The summed E-state index contributed by atoms with van der Waals surface area (Å²) in [6, 6.07) is 0. The fourth-order valence-electron chi connectivity index (χ4n) is 2.32. The van der Waals surface area contributed by atoms with E-state index in [1.54, 1.807) is 0 Å².